The van der Waals surface area contributed by atoms with Crippen LogP contribution in [0.25, 0.3) is 0 Å². The minimum absolute atomic E-state index is 0.723. The summed E-state index contributed by atoms with van der Waals surface area (Å²) in [6.45, 7) is 1.57. The van der Waals surface area contributed by atoms with Crippen LogP contribution in [-0.2, 0) is 0 Å². The Labute approximate surface area is 50.2 Å². The van der Waals surface area contributed by atoms with Gasteiger partial charge >= 0.3 is 0 Å². The van der Waals surface area contributed by atoms with Crippen molar-refractivity contribution in [3.05, 3.63) is 0 Å². The first-order valence-corrected chi connectivity index (χ1v) is 2.63. The zero-order valence-electron chi connectivity index (χ0n) is 5.44. The molecule has 0 heterocycles. The Balaban J connectivity index is 3.03. The molecule has 0 aliphatic rings. The zero-order chi connectivity index (χ0) is 6.41. The standard InChI is InChI=1S/C5H13N3/c1-7-5-8(2)4-3-6/h3,6-7H,4-5H2,1-2H3. The van der Waals surface area contributed by atoms with Crippen molar-refractivity contribution in [2.24, 2.45) is 0 Å². The first-order valence-electron chi connectivity index (χ1n) is 2.63. The molecule has 0 saturated heterocycles. The highest BCUT2D eigenvalue weighted by molar-refractivity contribution is 5.55. The third-order valence-corrected chi connectivity index (χ3v) is 0.831. The van der Waals surface area contributed by atoms with Crippen molar-refractivity contribution < 1.29 is 0 Å². The van der Waals surface area contributed by atoms with Gasteiger partial charge in [-0.2, -0.15) is 0 Å². The van der Waals surface area contributed by atoms with Crippen LogP contribution in [0.5, 0.6) is 0 Å². The molecule has 0 amide bonds. The van der Waals surface area contributed by atoms with E-state index < -0.39 is 0 Å². The molecule has 3 heteroatoms. The lowest BCUT2D eigenvalue weighted by Gasteiger charge is -2.11. The maximum Gasteiger partial charge on any atom is 0.0478 e. The van der Waals surface area contributed by atoms with Crippen molar-refractivity contribution in [3.63, 3.8) is 0 Å². The van der Waals surface area contributed by atoms with Crippen molar-refractivity contribution in [3.8, 4) is 0 Å². The molecule has 0 aliphatic carbocycles. The maximum absolute atomic E-state index is 6.72. The molecule has 0 aromatic carbocycles. The second-order valence-corrected chi connectivity index (χ2v) is 1.75. The van der Waals surface area contributed by atoms with Crippen LogP contribution >= 0.6 is 0 Å². The second-order valence-electron chi connectivity index (χ2n) is 1.75. The molecule has 0 aliphatic heterocycles. The molecule has 0 fully saturated rings. The third-order valence-electron chi connectivity index (χ3n) is 0.831. The van der Waals surface area contributed by atoms with Crippen LogP contribution in [0.4, 0.5) is 0 Å². The Morgan fingerprint density at radius 2 is 2.38 bits per heavy atom. The Morgan fingerprint density at radius 3 is 2.75 bits per heavy atom. The lowest BCUT2D eigenvalue weighted by molar-refractivity contribution is 0.362. The summed E-state index contributed by atoms with van der Waals surface area (Å²) in [5, 5.41) is 9.69. The van der Waals surface area contributed by atoms with E-state index in [9.17, 15) is 0 Å². The van der Waals surface area contributed by atoms with Crippen LogP contribution in [0.3, 0.4) is 0 Å². The number of rotatable bonds is 4. The van der Waals surface area contributed by atoms with E-state index in [1.54, 1.807) is 0 Å². The van der Waals surface area contributed by atoms with Gasteiger partial charge in [0.15, 0.2) is 0 Å². The largest absolute Gasteiger partial charge is 0.312 e. The molecule has 0 unspecified atom stereocenters. The lowest BCUT2D eigenvalue weighted by Crippen LogP contribution is -2.29. The molecule has 3 nitrogen and oxygen atoms in total. The highest BCUT2D eigenvalue weighted by atomic mass is 15.2. The minimum Gasteiger partial charge on any atom is -0.312 e. The molecule has 2 N–H and O–H groups in total. The van der Waals surface area contributed by atoms with Gasteiger partial charge in [-0.15, -0.1) is 0 Å². The fourth-order valence-electron chi connectivity index (χ4n) is 0.490. The lowest BCUT2D eigenvalue weighted by atomic mass is 10.6. The molecule has 8 heavy (non-hydrogen) atoms. The topological polar surface area (TPSA) is 39.1 Å². The van der Waals surface area contributed by atoms with Crippen LogP contribution in [0.1, 0.15) is 0 Å². The quantitative estimate of drug-likeness (QED) is 0.391. The molecule has 0 saturated carbocycles. The smallest absolute Gasteiger partial charge is 0.0478 e. The summed E-state index contributed by atoms with van der Waals surface area (Å²) < 4.78 is 0. The van der Waals surface area contributed by atoms with Crippen molar-refractivity contribution >= 4 is 6.21 Å². The van der Waals surface area contributed by atoms with Gasteiger partial charge in [-0.1, -0.05) is 0 Å². The molecule has 0 bridgehead atoms. The van der Waals surface area contributed by atoms with Crippen LogP contribution in [0.2, 0.25) is 0 Å². The van der Waals surface area contributed by atoms with E-state index in [0.29, 0.717) is 0 Å². The minimum atomic E-state index is 0.723. The monoisotopic (exact) mass is 115 g/mol. The van der Waals surface area contributed by atoms with E-state index in [1.807, 2.05) is 19.0 Å². The number of hydrogen-bond donors (Lipinski definition) is 2. The van der Waals surface area contributed by atoms with Gasteiger partial charge in [0.2, 0.25) is 0 Å². The molecule has 0 aromatic rings. The fourth-order valence-corrected chi connectivity index (χ4v) is 0.490. The van der Waals surface area contributed by atoms with Crippen molar-refractivity contribution in [1.29, 1.82) is 5.41 Å². The van der Waals surface area contributed by atoms with E-state index in [-0.39, 0.29) is 0 Å². The predicted octanol–water partition coefficient (Wildman–Crippen LogP) is -0.255. The van der Waals surface area contributed by atoms with Crippen LogP contribution in [0.15, 0.2) is 0 Å². The van der Waals surface area contributed by atoms with E-state index >= 15 is 0 Å². The average molecular weight is 115 g/mol. The summed E-state index contributed by atoms with van der Waals surface area (Å²) in [7, 11) is 3.85. The van der Waals surface area contributed by atoms with Gasteiger partial charge in [0, 0.05) is 19.4 Å². The van der Waals surface area contributed by atoms with E-state index in [4.69, 9.17) is 5.41 Å². The summed E-state index contributed by atoms with van der Waals surface area (Å²) in [4.78, 5) is 2.01. The van der Waals surface area contributed by atoms with E-state index in [1.165, 1.54) is 6.21 Å². The first-order chi connectivity index (χ1) is 3.81. The molecule has 0 aromatic heterocycles. The maximum atomic E-state index is 6.72. The van der Waals surface area contributed by atoms with Gasteiger partial charge in [-0.05, 0) is 14.1 Å². The number of nitrogens with one attached hydrogen (secondary N) is 2. The summed E-state index contributed by atoms with van der Waals surface area (Å²) >= 11 is 0. The highest BCUT2D eigenvalue weighted by Crippen LogP contribution is 1.70. The van der Waals surface area contributed by atoms with E-state index in [0.717, 1.165) is 13.2 Å². The van der Waals surface area contributed by atoms with Crippen LogP contribution in [0, 0.1) is 5.41 Å². The van der Waals surface area contributed by atoms with Gasteiger partial charge in [-0.3, -0.25) is 4.90 Å². The molecular formula is C5H13N3. The Bertz CT molecular complexity index is 62.7. The molecule has 0 spiro atoms. The summed E-state index contributed by atoms with van der Waals surface area (Å²) in [5.41, 5.74) is 0. The molecule has 0 radical (unpaired) electrons. The SMILES string of the molecule is CNCN(C)CC=N. The molecule has 0 rings (SSSR count). The summed E-state index contributed by atoms with van der Waals surface area (Å²) in [5.74, 6) is 0. The molecule has 0 atom stereocenters. The fraction of sp³-hybridized carbons (Fsp3) is 0.800. The van der Waals surface area contributed by atoms with Gasteiger partial charge in [0.1, 0.15) is 0 Å². The zero-order valence-corrected chi connectivity index (χ0v) is 5.44. The van der Waals surface area contributed by atoms with Gasteiger partial charge in [-0.25, -0.2) is 0 Å². The normalized spacial score (nSPS) is 9.88. The Morgan fingerprint density at radius 1 is 1.75 bits per heavy atom. The summed E-state index contributed by atoms with van der Waals surface area (Å²) in [6, 6.07) is 0. The Hall–Kier alpha value is -0.410. The average Bonchev–Trinajstić information content (AvgIpc) is 1.68. The first kappa shape index (κ1) is 7.59. The van der Waals surface area contributed by atoms with Crippen LogP contribution in [-0.4, -0.2) is 38.4 Å². The van der Waals surface area contributed by atoms with Gasteiger partial charge < -0.3 is 10.7 Å². The number of nitrogens with zero attached hydrogens (tertiary/aromatic N) is 1. The van der Waals surface area contributed by atoms with Gasteiger partial charge in [0.25, 0.3) is 0 Å². The third kappa shape index (κ3) is 3.77. The highest BCUT2D eigenvalue weighted by Gasteiger charge is 1.88. The predicted molar refractivity (Wildman–Crippen MR) is 35.3 cm³/mol. The Kier molecular flexibility index (Phi) is 4.50. The van der Waals surface area contributed by atoms with Crippen molar-refractivity contribution in [1.82, 2.24) is 10.2 Å². The number of hydrogen-bond acceptors (Lipinski definition) is 3. The molecular weight excluding hydrogens is 102 g/mol. The van der Waals surface area contributed by atoms with Crippen LogP contribution < -0.4 is 5.32 Å². The van der Waals surface area contributed by atoms with Gasteiger partial charge in [0.05, 0.1) is 0 Å². The summed E-state index contributed by atoms with van der Waals surface area (Å²) in [6.07, 6.45) is 1.39. The second kappa shape index (κ2) is 4.74. The molecule has 48 valence electrons. The van der Waals surface area contributed by atoms with Crippen molar-refractivity contribution in [2.45, 2.75) is 0 Å². The van der Waals surface area contributed by atoms with Crippen molar-refractivity contribution in [2.75, 3.05) is 27.3 Å². The van der Waals surface area contributed by atoms with E-state index in [2.05, 4.69) is 5.32 Å².